The van der Waals surface area contributed by atoms with Crippen LogP contribution in [-0.4, -0.2) is 164 Å². The van der Waals surface area contributed by atoms with Gasteiger partial charge in [-0.05, 0) is 44.1 Å². The lowest BCUT2D eigenvalue weighted by atomic mass is 10.00. The number of carbonyl (C=O) groups excluding carboxylic acids is 9. The largest absolute Gasteiger partial charge is 0.481 e. The fraction of sp³-hybridized carbons (Fsp3) is 0.581. The summed E-state index contributed by atoms with van der Waals surface area (Å²) >= 11 is 0. The molecule has 0 aliphatic rings. The van der Waals surface area contributed by atoms with Crippen molar-refractivity contribution >= 4 is 71.1 Å². The highest BCUT2D eigenvalue weighted by atomic mass is 16.4. The number of nitrogens with one attached hydrogen (secondary N) is 8. The fourth-order valence-electron chi connectivity index (χ4n) is 6.42. The van der Waals surface area contributed by atoms with Gasteiger partial charge in [0.25, 0.3) is 0 Å². The quantitative estimate of drug-likeness (QED) is 0.0331. The van der Waals surface area contributed by atoms with Gasteiger partial charge >= 0.3 is 17.9 Å². The second kappa shape index (κ2) is 29.6. The number of carbonyl (C=O) groups is 12. The van der Waals surface area contributed by atoms with E-state index in [4.69, 9.17) is 16.6 Å². The smallest absolute Gasteiger partial charge is 0.326 e. The Balaban J connectivity index is 3.21. The summed E-state index contributed by atoms with van der Waals surface area (Å²) < 4.78 is 0. The number of aliphatic hydroxyl groups excluding tert-OH is 2. The van der Waals surface area contributed by atoms with E-state index in [-0.39, 0.29) is 31.1 Å². The molecule has 1 aromatic rings. The van der Waals surface area contributed by atoms with Crippen LogP contribution in [0.5, 0.6) is 0 Å². The van der Waals surface area contributed by atoms with Gasteiger partial charge in [-0.25, -0.2) is 4.79 Å². The van der Waals surface area contributed by atoms with Crippen LogP contribution in [-0.2, 0) is 64.0 Å². The molecule has 70 heavy (non-hydrogen) atoms. The predicted molar refractivity (Wildman–Crippen MR) is 243 cm³/mol. The molecule has 27 nitrogen and oxygen atoms in total. The summed E-state index contributed by atoms with van der Waals surface area (Å²) in [4.78, 5) is 153. The summed E-state index contributed by atoms with van der Waals surface area (Å²) in [7, 11) is 0. The van der Waals surface area contributed by atoms with Crippen LogP contribution >= 0.6 is 0 Å². The van der Waals surface area contributed by atoms with E-state index in [0.717, 1.165) is 13.8 Å². The van der Waals surface area contributed by atoms with Gasteiger partial charge in [-0.2, -0.15) is 0 Å². The SMILES string of the molecule is CC(C)C[C@H](NC(=O)[C@H](CC(C)C)NC(=O)[C@H](CC(=O)O)NC(=O)[C@@H](NC(=O)[C@H](CO)NC(=O)[C@H](C)NC(=O)[C@H](CC(N)=O)NC(=O)[C@H](Cc1ccccc1)NC(=O)[C@@H](N)CC(=O)O)[C@@H](C)O)C(=O)O. The Labute approximate surface area is 402 Å². The molecule has 0 unspecified atom stereocenters. The maximum atomic E-state index is 13.5. The van der Waals surface area contributed by atoms with Crippen molar-refractivity contribution in [3.8, 4) is 0 Å². The molecular weight excluding hydrogens is 929 g/mol. The first-order valence-electron chi connectivity index (χ1n) is 22.0. The molecule has 0 fully saturated rings. The maximum Gasteiger partial charge on any atom is 0.326 e. The Morgan fingerprint density at radius 1 is 0.500 bits per heavy atom. The number of hydrogen-bond acceptors (Lipinski definition) is 15. The Morgan fingerprint density at radius 2 is 0.929 bits per heavy atom. The standard InChI is InChI=1S/C43H66N10O17/c1-19(2)12-25(38(64)51-29(43(69)70)13-20(3)4)48-40(66)28(17-33(59)60)50-42(68)34(22(6)55)53-41(67)30(18-54)52-35(61)21(5)46-37(63)27(16-31(45)56)49-39(65)26(14-23-10-8-7-9-11-23)47-36(62)24(44)15-32(57)58/h7-11,19-22,24-30,34,54-55H,12-18,44H2,1-6H3,(H2,45,56)(H,46,63)(H,47,62)(H,48,66)(H,49,65)(H,50,68)(H,51,64)(H,52,61)(H,53,67)(H,57,58)(H,59,60)(H,69,70)/t21-,22+,24-,25-,26-,27-,28-,29-,30-,34-/m0/s1. The summed E-state index contributed by atoms with van der Waals surface area (Å²) in [5, 5.41) is 66.5. The van der Waals surface area contributed by atoms with Crippen LogP contribution in [0.1, 0.15) is 79.2 Å². The number of benzene rings is 1. The molecule has 1 rings (SSSR count). The number of carboxylic acid groups (broad SMARTS) is 3. The Morgan fingerprint density at radius 3 is 1.43 bits per heavy atom. The second-order valence-corrected chi connectivity index (χ2v) is 17.3. The van der Waals surface area contributed by atoms with Crippen molar-refractivity contribution in [3.63, 3.8) is 0 Å². The predicted octanol–water partition coefficient (Wildman–Crippen LogP) is -5.17. The van der Waals surface area contributed by atoms with Gasteiger partial charge in [-0.3, -0.25) is 52.7 Å². The molecule has 17 N–H and O–H groups in total. The van der Waals surface area contributed by atoms with Crippen molar-refractivity contribution in [3.05, 3.63) is 35.9 Å². The molecule has 0 bridgehead atoms. The number of carboxylic acids is 3. The van der Waals surface area contributed by atoms with Crippen LogP contribution in [0.4, 0.5) is 0 Å². The van der Waals surface area contributed by atoms with Gasteiger partial charge in [0.05, 0.1) is 38.0 Å². The van der Waals surface area contributed by atoms with Gasteiger partial charge in [0, 0.05) is 6.42 Å². The Kier molecular flexibility index (Phi) is 25.7. The fourth-order valence-corrected chi connectivity index (χ4v) is 6.42. The van der Waals surface area contributed by atoms with Gasteiger partial charge in [0.15, 0.2) is 0 Å². The third-order valence-corrected chi connectivity index (χ3v) is 9.99. The molecule has 0 spiro atoms. The normalized spacial score (nSPS) is 15.4. The molecule has 27 heteroatoms. The van der Waals surface area contributed by atoms with Crippen molar-refractivity contribution in [2.45, 2.75) is 141 Å². The van der Waals surface area contributed by atoms with Crippen molar-refractivity contribution in [2.75, 3.05) is 6.61 Å². The topological polar surface area (TPSA) is 454 Å². The van der Waals surface area contributed by atoms with Crippen LogP contribution in [0.15, 0.2) is 30.3 Å². The summed E-state index contributed by atoms with van der Waals surface area (Å²) in [5.41, 5.74) is 11.5. The van der Waals surface area contributed by atoms with E-state index in [1.807, 2.05) is 0 Å². The number of primary amides is 1. The summed E-state index contributed by atoms with van der Waals surface area (Å²) in [6.45, 7) is 7.79. The maximum absolute atomic E-state index is 13.5. The monoisotopic (exact) mass is 994 g/mol. The van der Waals surface area contributed by atoms with Gasteiger partial charge in [-0.15, -0.1) is 0 Å². The molecule has 0 aliphatic heterocycles. The highest BCUT2D eigenvalue weighted by molar-refractivity contribution is 5.99. The summed E-state index contributed by atoms with van der Waals surface area (Å²) in [5.74, 6) is -15.0. The van der Waals surface area contributed by atoms with Crippen LogP contribution in [0.3, 0.4) is 0 Å². The molecule has 0 saturated heterocycles. The zero-order valence-corrected chi connectivity index (χ0v) is 39.6. The molecule has 0 heterocycles. The molecule has 0 saturated carbocycles. The Hall–Kier alpha value is -7.26. The summed E-state index contributed by atoms with van der Waals surface area (Å²) in [6, 6.07) is -6.87. The molecule has 0 radical (unpaired) electrons. The van der Waals surface area contributed by atoms with Gasteiger partial charge in [-0.1, -0.05) is 58.0 Å². The van der Waals surface area contributed by atoms with Gasteiger partial charge in [0.1, 0.15) is 48.3 Å². The minimum Gasteiger partial charge on any atom is -0.481 e. The highest BCUT2D eigenvalue weighted by Crippen LogP contribution is 2.11. The van der Waals surface area contributed by atoms with E-state index in [9.17, 15) is 78.0 Å². The first-order chi connectivity index (χ1) is 32.6. The number of rotatable bonds is 31. The number of hydrogen-bond donors (Lipinski definition) is 15. The van der Waals surface area contributed by atoms with Crippen molar-refractivity contribution < 1.29 is 83.1 Å². The van der Waals surface area contributed by atoms with E-state index in [1.165, 1.54) is 0 Å². The number of nitrogens with two attached hydrogens (primary N) is 2. The van der Waals surface area contributed by atoms with Crippen LogP contribution in [0, 0.1) is 11.8 Å². The molecule has 10 atom stereocenters. The molecular formula is C43H66N10O17. The van der Waals surface area contributed by atoms with Gasteiger partial charge in [0.2, 0.25) is 53.2 Å². The second-order valence-electron chi connectivity index (χ2n) is 17.3. The van der Waals surface area contributed by atoms with Crippen molar-refractivity contribution in [1.82, 2.24) is 42.5 Å². The van der Waals surface area contributed by atoms with E-state index in [2.05, 4.69) is 42.5 Å². The molecule has 9 amide bonds. The van der Waals surface area contributed by atoms with Crippen LogP contribution < -0.4 is 54.0 Å². The first-order valence-corrected chi connectivity index (χ1v) is 22.0. The van der Waals surface area contributed by atoms with Crippen molar-refractivity contribution in [2.24, 2.45) is 23.3 Å². The van der Waals surface area contributed by atoms with E-state index in [0.29, 0.717) is 5.56 Å². The zero-order chi connectivity index (χ0) is 53.6. The average Bonchev–Trinajstić information content (AvgIpc) is 3.24. The first kappa shape index (κ1) is 60.8. The molecule has 390 valence electrons. The van der Waals surface area contributed by atoms with Crippen LogP contribution in [0.25, 0.3) is 0 Å². The average molecular weight is 995 g/mol. The highest BCUT2D eigenvalue weighted by Gasteiger charge is 2.36. The third-order valence-electron chi connectivity index (χ3n) is 9.99. The lowest BCUT2D eigenvalue weighted by Crippen LogP contribution is -2.62. The lowest BCUT2D eigenvalue weighted by molar-refractivity contribution is -0.144. The molecule has 0 aliphatic carbocycles. The Bertz CT molecular complexity index is 2040. The van der Waals surface area contributed by atoms with E-state index < -0.39 is 157 Å². The van der Waals surface area contributed by atoms with E-state index >= 15 is 0 Å². The minimum absolute atomic E-state index is 0.0436. The van der Waals surface area contributed by atoms with Crippen molar-refractivity contribution in [1.29, 1.82) is 0 Å². The number of aliphatic carboxylic acids is 3. The molecule has 0 aromatic heterocycles. The number of aliphatic hydroxyl groups is 2. The minimum atomic E-state index is -1.98. The lowest BCUT2D eigenvalue weighted by Gasteiger charge is -2.28. The molecule has 1 aromatic carbocycles. The zero-order valence-electron chi connectivity index (χ0n) is 39.6. The number of amides is 9. The van der Waals surface area contributed by atoms with Gasteiger partial charge < -0.3 is 79.5 Å². The summed E-state index contributed by atoms with van der Waals surface area (Å²) in [6.07, 6.45) is -4.67. The third kappa shape index (κ3) is 22.2. The van der Waals surface area contributed by atoms with E-state index in [1.54, 1.807) is 58.0 Å². The van der Waals surface area contributed by atoms with Crippen LogP contribution in [0.2, 0.25) is 0 Å².